The number of nitrogens with zero attached hydrogens (tertiary/aromatic N) is 1. The van der Waals surface area contributed by atoms with Crippen molar-refractivity contribution in [1.29, 1.82) is 0 Å². The van der Waals surface area contributed by atoms with Crippen molar-refractivity contribution < 1.29 is 4.39 Å². The van der Waals surface area contributed by atoms with Crippen LogP contribution in [0.2, 0.25) is 0 Å². The Kier molecular flexibility index (Phi) is 4.47. The van der Waals surface area contributed by atoms with Crippen molar-refractivity contribution in [2.45, 2.75) is 18.9 Å². The van der Waals surface area contributed by atoms with Crippen LogP contribution in [0.1, 0.15) is 11.1 Å². The van der Waals surface area contributed by atoms with E-state index in [0.29, 0.717) is 5.82 Å². The van der Waals surface area contributed by atoms with Crippen LogP contribution in [-0.2, 0) is 12.8 Å². The number of halogens is 1. The van der Waals surface area contributed by atoms with Gasteiger partial charge in [-0.3, -0.25) is 0 Å². The van der Waals surface area contributed by atoms with Crippen LogP contribution in [0.3, 0.4) is 0 Å². The molecule has 100 valence electrons. The lowest BCUT2D eigenvalue weighted by atomic mass is 9.99. The molecule has 0 fully saturated rings. The van der Waals surface area contributed by atoms with Gasteiger partial charge in [-0.05, 0) is 55.3 Å². The summed E-state index contributed by atoms with van der Waals surface area (Å²) in [5.41, 5.74) is 7.78. The van der Waals surface area contributed by atoms with E-state index in [9.17, 15) is 4.39 Å². The molecule has 0 saturated carbocycles. The summed E-state index contributed by atoms with van der Waals surface area (Å²) in [6.07, 6.45) is 3.32. The topological polar surface area (TPSA) is 50.9 Å². The van der Waals surface area contributed by atoms with Crippen molar-refractivity contribution in [3.05, 3.63) is 59.5 Å². The maximum absolute atomic E-state index is 13.2. The fourth-order valence-electron chi connectivity index (χ4n) is 2.13. The Hall–Kier alpha value is -1.94. The van der Waals surface area contributed by atoms with E-state index in [-0.39, 0.29) is 11.9 Å². The lowest BCUT2D eigenvalue weighted by Crippen LogP contribution is -2.30. The van der Waals surface area contributed by atoms with E-state index >= 15 is 0 Å². The maximum Gasteiger partial charge on any atom is 0.123 e. The lowest BCUT2D eigenvalue weighted by Gasteiger charge is -2.16. The molecule has 0 aliphatic carbocycles. The van der Waals surface area contributed by atoms with E-state index in [1.165, 1.54) is 6.07 Å². The number of hydrogen-bond acceptors (Lipinski definition) is 3. The molecule has 0 radical (unpaired) electrons. The molecule has 3 nitrogen and oxygen atoms in total. The first-order valence-electron chi connectivity index (χ1n) is 6.29. The van der Waals surface area contributed by atoms with Crippen LogP contribution < -0.4 is 11.1 Å². The molecule has 0 aliphatic heterocycles. The number of aromatic nitrogens is 1. The summed E-state index contributed by atoms with van der Waals surface area (Å²) < 4.78 is 13.2. The number of nitrogens with one attached hydrogen (secondary N) is 1. The largest absolute Gasteiger partial charge is 0.384 e. The van der Waals surface area contributed by atoms with Crippen LogP contribution >= 0.6 is 0 Å². The van der Waals surface area contributed by atoms with E-state index < -0.39 is 0 Å². The Labute approximate surface area is 112 Å². The Bertz CT molecular complexity index is 495. The normalized spacial score (nSPS) is 12.3. The molecule has 2 aromatic rings. The maximum atomic E-state index is 13.2. The Balaban J connectivity index is 2.04. The number of nitrogen functional groups attached to an aromatic ring is 1. The molecule has 0 aliphatic rings. The highest BCUT2D eigenvalue weighted by Crippen LogP contribution is 2.11. The zero-order valence-corrected chi connectivity index (χ0v) is 10.9. The molecule has 4 heteroatoms. The molecular weight excluding hydrogens is 241 g/mol. The van der Waals surface area contributed by atoms with Gasteiger partial charge in [-0.25, -0.2) is 9.37 Å². The number of hydrogen-bond donors (Lipinski definition) is 2. The number of anilines is 1. The molecule has 19 heavy (non-hydrogen) atoms. The highest BCUT2D eigenvalue weighted by atomic mass is 19.1. The summed E-state index contributed by atoms with van der Waals surface area (Å²) in [5.74, 6) is 0.332. The fraction of sp³-hybridized carbons (Fsp3) is 0.267. The molecule has 0 spiro atoms. The van der Waals surface area contributed by atoms with Crippen molar-refractivity contribution in [2.24, 2.45) is 0 Å². The van der Waals surface area contributed by atoms with Crippen molar-refractivity contribution in [2.75, 3.05) is 12.8 Å². The van der Waals surface area contributed by atoms with Gasteiger partial charge in [-0.15, -0.1) is 0 Å². The van der Waals surface area contributed by atoms with E-state index in [1.807, 2.05) is 25.2 Å². The van der Waals surface area contributed by atoms with Crippen LogP contribution in [0.4, 0.5) is 10.2 Å². The average Bonchev–Trinajstić information content (AvgIpc) is 2.38. The number of benzene rings is 1. The quantitative estimate of drug-likeness (QED) is 0.865. The molecule has 0 amide bonds. The zero-order valence-electron chi connectivity index (χ0n) is 10.9. The van der Waals surface area contributed by atoms with Gasteiger partial charge in [0, 0.05) is 12.2 Å². The van der Waals surface area contributed by atoms with E-state index in [4.69, 9.17) is 5.73 Å². The van der Waals surface area contributed by atoms with E-state index in [1.54, 1.807) is 18.3 Å². The molecule has 1 aromatic carbocycles. The molecule has 1 heterocycles. The highest BCUT2D eigenvalue weighted by molar-refractivity contribution is 5.32. The predicted molar refractivity (Wildman–Crippen MR) is 75.3 cm³/mol. The monoisotopic (exact) mass is 259 g/mol. The summed E-state index contributed by atoms with van der Waals surface area (Å²) in [4.78, 5) is 3.98. The first-order valence-corrected chi connectivity index (χ1v) is 6.29. The molecular formula is C15H18FN3. The average molecular weight is 259 g/mol. The second kappa shape index (κ2) is 6.29. The van der Waals surface area contributed by atoms with Crippen molar-refractivity contribution in [1.82, 2.24) is 10.3 Å². The van der Waals surface area contributed by atoms with Crippen LogP contribution in [0.25, 0.3) is 0 Å². The van der Waals surface area contributed by atoms with Crippen molar-refractivity contribution in [3.8, 4) is 0 Å². The third-order valence-electron chi connectivity index (χ3n) is 3.11. The smallest absolute Gasteiger partial charge is 0.123 e. The van der Waals surface area contributed by atoms with Gasteiger partial charge >= 0.3 is 0 Å². The molecule has 0 saturated heterocycles. The van der Waals surface area contributed by atoms with Gasteiger partial charge in [0.1, 0.15) is 11.6 Å². The second-order valence-corrected chi connectivity index (χ2v) is 4.61. The lowest BCUT2D eigenvalue weighted by molar-refractivity contribution is 0.553. The number of likely N-dealkylation sites (N-methyl/N-ethyl adjacent to an activating group) is 1. The van der Waals surface area contributed by atoms with Gasteiger partial charge in [0.15, 0.2) is 0 Å². The minimum Gasteiger partial charge on any atom is -0.384 e. The van der Waals surface area contributed by atoms with E-state index in [2.05, 4.69) is 10.3 Å². The van der Waals surface area contributed by atoms with Crippen molar-refractivity contribution in [3.63, 3.8) is 0 Å². The first kappa shape index (κ1) is 13.5. The van der Waals surface area contributed by atoms with Crippen LogP contribution in [0, 0.1) is 5.82 Å². The Morgan fingerprint density at radius 2 is 1.95 bits per heavy atom. The first-order chi connectivity index (χ1) is 9.17. The summed E-state index contributed by atoms with van der Waals surface area (Å²) >= 11 is 0. The molecule has 1 aromatic heterocycles. The summed E-state index contributed by atoms with van der Waals surface area (Å²) in [6, 6.07) is 10.8. The van der Waals surface area contributed by atoms with Crippen LogP contribution in [0.5, 0.6) is 0 Å². The van der Waals surface area contributed by atoms with Gasteiger partial charge in [-0.1, -0.05) is 12.1 Å². The minimum atomic E-state index is -0.194. The Morgan fingerprint density at radius 1 is 1.21 bits per heavy atom. The summed E-state index contributed by atoms with van der Waals surface area (Å²) in [6.45, 7) is 0. The molecule has 2 rings (SSSR count). The Morgan fingerprint density at radius 3 is 2.58 bits per heavy atom. The number of nitrogens with two attached hydrogens (primary N) is 1. The highest BCUT2D eigenvalue weighted by Gasteiger charge is 2.09. The van der Waals surface area contributed by atoms with E-state index in [0.717, 1.165) is 24.0 Å². The van der Waals surface area contributed by atoms with Gasteiger partial charge in [-0.2, -0.15) is 0 Å². The number of pyridine rings is 1. The molecule has 3 N–H and O–H groups in total. The van der Waals surface area contributed by atoms with Gasteiger partial charge in [0.2, 0.25) is 0 Å². The number of rotatable bonds is 5. The second-order valence-electron chi connectivity index (χ2n) is 4.61. The standard InChI is InChI=1S/C15H18FN3/c1-18-14(8-11-3-2-4-13(16)7-11)9-12-5-6-19-15(17)10-12/h2-7,10,14,18H,8-9H2,1H3,(H2,17,19). The van der Waals surface area contributed by atoms with Gasteiger partial charge < -0.3 is 11.1 Å². The fourth-order valence-corrected chi connectivity index (χ4v) is 2.13. The minimum absolute atomic E-state index is 0.194. The summed E-state index contributed by atoms with van der Waals surface area (Å²) in [7, 11) is 1.91. The molecule has 0 bridgehead atoms. The zero-order chi connectivity index (χ0) is 13.7. The summed E-state index contributed by atoms with van der Waals surface area (Å²) in [5, 5.41) is 3.25. The van der Waals surface area contributed by atoms with Gasteiger partial charge in [0.05, 0.1) is 0 Å². The predicted octanol–water partition coefficient (Wildman–Crippen LogP) is 2.18. The van der Waals surface area contributed by atoms with Crippen LogP contribution in [-0.4, -0.2) is 18.1 Å². The van der Waals surface area contributed by atoms with Crippen molar-refractivity contribution >= 4 is 5.82 Å². The third kappa shape index (κ3) is 4.03. The molecule has 1 atom stereocenters. The van der Waals surface area contributed by atoms with Crippen LogP contribution in [0.15, 0.2) is 42.6 Å². The molecule has 1 unspecified atom stereocenters. The third-order valence-corrected chi connectivity index (χ3v) is 3.11. The SMILES string of the molecule is CNC(Cc1cccc(F)c1)Cc1ccnc(N)c1. The van der Waals surface area contributed by atoms with Gasteiger partial charge in [0.25, 0.3) is 0 Å².